The summed E-state index contributed by atoms with van der Waals surface area (Å²) >= 11 is 0. The van der Waals surface area contributed by atoms with Gasteiger partial charge in [-0.05, 0) is 12.1 Å². The van der Waals surface area contributed by atoms with E-state index in [1.54, 1.807) is 48.2 Å². The zero-order valence-electron chi connectivity index (χ0n) is 11.5. The minimum atomic E-state index is -5.47. The van der Waals surface area contributed by atoms with E-state index in [1.165, 1.54) is 12.1 Å². The lowest BCUT2D eigenvalue weighted by Crippen LogP contribution is -2.30. The number of anilines is 2. The first kappa shape index (κ1) is 16.2. The van der Waals surface area contributed by atoms with Crippen LogP contribution in [0.3, 0.4) is 0 Å². The standard InChI is InChI=1S/C14H13F3N2O2S/c1-18-12-8-4-2-6-10(12)11-7-3-5-9-13(11)19-22(20,21)14(15,16)17/h2-9,18-19H,1H3. The summed E-state index contributed by atoms with van der Waals surface area (Å²) in [5.74, 6) is 0. The SMILES string of the molecule is CNc1ccccc1-c1ccccc1NS(=O)(=O)C(F)(F)F. The molecular weight excluding hydrogens is 317 g/mol. The molecule has 8 heteroatoms. The van der Waals surface area contributed by atoms with Crippen molar-refractivity contribution in [3.8, 4) is 11.1 Å². The molecule has 0 radical (unpaired) electrons. The highest BCUT2D eigenvalue weighted by atomic mass is 32.2. The summed E-state index contributed by atoms with van der Waals surface area (Å²) in [6, 6.07) is 12.8. The lowest BCUT2D eigenvalue weighted by molar-refractivity contribution is -0.0429. The van der Waals surface area contributed by atoms with Crippen molar-refractivity contribution in [2.24, 2.45) is 0 Å². The van der Waals surface area contributed by atoms with Crippen molar-refractivity contribution in [1.29, 1.82) is 0 Å². The van der Waals surface area contributed by atoms with E-state index in [4.69, 9.17) is 0 Å². The Labute approximate surface area is 126 Å². The molecule has 2 rings (SSSR count). The zero-order chi connectivity index (χ0) is 16.4. The smallest absolute Gasteiger partial charge is 0.388 e. The molecule has 0 aliphatic rings. The van der Waals surface area contributed by atoms with Crippen LogP contribution >= 0.6 is 0 Å². The number of hydrogen-bond donors (Lipinski definition) is 2. The number of benzene rings is 2. The largest absolute Gasteiger partial charge is 0.516 e. The van der Waals surface area contributed by atoms with Gasteiger partial charge >= 0.3 is 15.5 Å². The van der Waals surface area contributed by atoms with E-state index in [9.17, 15) is 21.6 Å². The quantitative estimate of drug-likeness (QED) is 0.899. The number of sulfonamides is 1. The molecule has 2 aromatic carbocycles. The molecule has 0 bridgehead atoms. The van der Waals surface area contributed by atoms with Gasteiger partial charge in [-0.3, -0.25) is 4.72 Å². The first-order valence-corrected chi connectivity index (χ1v) is 7.70. The molecule has 4 nitrogen and oxygen atoms in total. The van der Waals surface area contributed by atoms with Gasteiger partial charge in [-0.25, -0.2) is 0 Å². The average molecular weight is 330 g/mol. The third kappa shape index (κ3) is 3.16. The van der Waals surface area contributed by atoms with Crippen LogP contribution in [0.15, 0.2) is 48.5 Å². The first-order valence-electron chi connectivity index (χ1n) is 6.21. The van der Waals surface area contributed by atoms with Gasteiger partial charge in [0.1, 0.15) is 0 Å². The number of nitrogens with one attached hydrogen (secondary N) is 2. The summed E-state index contributed by atoms with van der Waals surface area (Å²) in [5, 5.41) is 2.91. The summed E-state index contributed by atoms with van der Waals surface area (Å²) < 4.78 is 61.8. The first-order chi connectivity index (χ1) is 10.3. The topological polar surface area (TPSA) is 58.2 Å². The molecule has 22 heavy (non-hydrogen) atoms. The van der Waals surface area contributed by atoms with E-state index in [-0.39, 0.29) is 5.69 Å². The Bertz CT molecular complexity index is 774. The predicted octanol–water partition coefficient (Wildman–Crippen LogP) is 3.66. The summed E-state index contributed by atoms with van der Waals surface area (Å²) in [6.45, 7) is 0. The van der Waals surface area contributed by atoms with Gasteiger partial charge in [0.2, 0.25) is 0 Å². The van der Waals surface area contributed by atoms with Gasteiger partial charge in [-0.1, -0.05) is 36.4 Å². The van der Waals surface area contributed by atoms with Gasteiger partial charge in [-0.2, -0.15) is 21.6 Å². The van der Waals surface area contributed by atoms with E-state index in [2.05, 4.69) is 5.32 Å². The molecule has 0 aromatic heterocycles. The second-order valence-electron chi connectivity index (χ2n) is 4.39. The predicted molar refractivity (Wildman–Crippen MR) is 80.0 cm³/mol. The maximum atomic E-state index is 12.5. The van der Waals surface area contributed by atoms with Crippen molar-refractivity contribution in [1.82, 2.24) is 0 Å². The molecule has 0 aliphatic heterocycles. The van der Waals surface area contributed by atoms with Crippen LogP contribution in [0.2, 0.25) is 0 Å². The van der Waals surface area contributed by atoms with Gasteiger partial charge in [0, 0.05) is 23.9 Å². The molecule has 0 saturated carbocycles. The number of para-hydroxylation sites is 2. The van der Waals surface area contributed by atoms with E-state index in [0.717, 1.165) is 0 Å². The van der Waals surface area contributed by atoms with Crippen LogP contribution in [0, 0.1) is 0 Å². The maximum absolute atomic E-state index is 12.5. The van der Waals surface area contributed by atoms with E-state index in [0.29, 0.717) is 16.8 Å². The molecule has 0 fully saturated rings. The fourth-order valence-corrected chi connectivity index (χ4v) is 2.53. The van der Waals surface area contributed by atoms with Crippen LogP contribution in [0.5, 0.6) is 0 Å². The number of alkyl halides is 3. The second kappa shape index (κ2) is 5.88. The molecule has 0 spiro atoms. The van der Waals surface area contributed by atoms with Crippen LogP contribution < -0.4 is 10.0 Å². The molecule has 0 aliphatic carbocycles. The van der Waals surface area contributed by atoms with E-state index >= 15 is 0 Å². The van der Waals surface area contributed by atoms with Crippen LogP contribution in [0.4, 0.5) is 24.5 Å². The Balaban J connectivity index is 2.53. The highest BCUT2D eigenvalue weighted by Gasteiger charge is 2.46. The van der Waals surface area contributed by atoms with Gasteiger partial charge in [-0.15, -0.1) is 0 Å². The maximum Gasteiger partial charge on any atom is 0.516 e. The average Bonchev–Trinajstić information content (AvgIpc) is 2.46. The lowest BCUT2D eigenvalue weighted by Gasteiger charge is -2.16. The molecule has 2 N–H and O–H groups in total. The molecule has 118 valence electrons. The van der Waals surface area contributed by atoms with Gasteiger partial charge in [0.05, 0.1) is 5.69 Å². The van der Waals surface area contributed by atoms with E-state index in [1.807, 2.05) is 0 Å². The third-order valence-electron chi connectivity index (χ3n) is 2.96. The third-order valence-corrected chi connectivity index (χ3v) is 4.06. The Morgan fingerprint density at radius 3 is 1.82 bits per heavy atom. The minimum absolute atomic E-state index is 0.137. The zero-order valence-corrected chi connectivity index (χ0v) is 12.3. The lowest BCUT2D eigenvalue weighted by atomic mass is 10.0. The van der Waals surface area contributed by atoms with Crippen molar-refractivity contribution in [3.63, 3.8) is 0 Å². The van der Waals surface area contributed by atoms with Crippen molar-refractivity contribution < 1.29 is 21.6 Å². The molecule has 0 saturated heterocycles. The fourth-order valence-electron chi connectivity index (χ4n) is 1.95. The van der Waals surface area contributed by atoms with Crippen molar-refractivity contribution >= 4 is 21.4 Å². The molecule has 0 unspecified atom stereocenters. The Hall–Kier alpha value is -2.22. The van der Waals surface area contributed by atoms with Gasteiger partial charge in [0.15, 0.2) is 0 Å². The van der Waals surface area contributed by atoms with Gasteiger partial charge < -0.3 is 5.32 Å². The van der Waals surface area contributed by atoms with Gasteiger partial charge in [0.25, 0.3) is 0 Å². The van der Waals surface area contributed by atoms with Crippen molar-refractivity contribution in [2.45, 2.75) is 5.51 Å². The molecule has 0 amide bonds. The molecule has 2 aromatic rings. The summed E-state index contributed by atoms with van der Waals surface area (Å²) in [4.78, 5) is 0. The Kier molecular flexibility index (Phi) is 4.32. The minimum Gasteiger partial charge on any atom is -0.388 e. The second-order valence-corrected chi connectivity index (χ2v) is 6.07. The highest BCUT2D eigenvalue weighted by molar-refractivity contribution is 7.93. The highest BCUT2D eigenvalue weighted by Crippen LogP contribution is 2.35. The molecular formula is C14H13F3N2O2S. The normalized spacial score (nSPS) is 12.0. The van der Waals surface area contributed by atoms with Crippen LogP contribution in [-0.2, 0) is 10.0 Å². The van der Waals surface area contributed by atoms with E-state index < -0.39 is 15.5 Å². The van der Waals surface area contributed by atoms with Crippen LogP contribution in [0.25, 0.3) is 11.1 Å². The van der Waals surface area contributed by atoms with Crippen LogP contribution in [-0.4, -0.2) is 21.0 Å². The monoisotopic (exact) mass is 330 g/mol. The molecule has 0 atom stereocenters. The van der Waals surface area contributed by atoms with Crippen LogP contribution in [0.1, 0.15) is 0 Å². The Morgan fingerprint density at radius 2 is 1.32 bits per heavy atom. The molecule has 0 heterocycles. The van der Waals surface area contributed by atoms with Crippen molar-refractivity contribution in [3.05, 3.63) is 48.5 Å². The van der Waals surface area contributed by atoms with Crippen molar-refractivity contribution in [2.75, 3.05) is 17.1 Å². The summed E-state index contributed by atoms with van der Waals surface area (Å²) in [5.41, 5.74) is -3.91. The number of hydrogen-bond acceptors (Lipinski definition) is 3. The fraction of sp³-hybridized carbons (Fsp3) is 0.143. The summed E-state index contributed by atoms with van der Waals surface area (Å²) in [6.07, 6.45) is 0. The Morgan fingerprint density at radius 1 is 0.864 bits per heavy atom. The number of rotatable bonds is 4. The summed E-state index contributed by atoms with van der Waals surface area (Å²) in [7, 11) is -3.80. The number of halogens is 3.